The van der Waals surface area contributed by atoms with E-state index >= 15 is 0 Å². The zero-order valence-electron chi connectivity index (χ0n) is 18.4. The second kappa shape index (κ2) is 10.4. The SMILES string of the molecule is CC(=O)OCC1=C(C(=O)O)N2C(=O)[C@@H](NC(=O)C3(c4ccc(Cl)cc4)CCCC3)[C@H]2SC1.[Na]. The third-order valence-corrected chi connectivity index (χ3v) is 7.87. The van der Waals surface area contributed by atoms with Crippen molar-refractivity contribution in [3.05, 3.63) is 46.1 Å². The minimum absolute atomic E-state index is 0. The molecule has 0 aromatic heterocycles. The summed E-state index contributed by atoms with van der Waals surface area (Å²) in [6.07, 6.45) is 3.17. The molecule has 2 fully saturated rings. The molecule has 1 aliphatic carbocycles. The summed E-state index contributed by atoms with van der Waals surface area (Å²) in [5, 5.41) is 12.6. The van der Waals surface area contributed by atoms with Gasteiger partial charge in [0, 0.05) is 52.8 Å². The molecular formula is C22H23ClN2NaO6S. The molecule has 11 heteroatoms. The van der Waals surface area contributed by atoms with Gasteiger partial charge >= 0.3 is 11.9 Å². The van der Waals surface area contributed by atoms with E-state index in [0.29, 0.717) is 23.4 Å². The molecule has 4 rings (SSSR count). The van der Waals surface area contributed by atoms with E-state index in [1.165, 1.54) is 23.6 Å². The Morgan fingerprint density at radius 3 is 2.45 bits per heavy atom. The number of amides is 2. The van der Waals surface area contributed by atoms with E-state index < -0.39 is 34.7 Å². The van der Waals surface area contributed by atoms with Gasteiger partial charge in [0.2, 0.25) is 5.91 Å². The molecule has 3 aliphatic rings. The van der Waals surface area contributed by atoms with Gasteiger partial charge in [-0.25, -0.2) is 4.79 Å². The molecule has 0 bridgehead atoms. The molecular weight excluding hydrogens is 479 g/mol. The fraction of sp³-hybridized carbons (Fsp3) is 0.455. The van der Waals surface area contributed by atoms with Gasteiger partial charge in [-0.15, -0.1) is 11.8 Å². The van der Waals surface area contributed by atoms with Crippen LogP contribution in [0.2, 0.25) is 5.02 Å². The minimum atomic E-state index is -1.26. The van der Waals surface area contributed by atoms with Crippen LogP contribution in [-0.4, -0.2) is 87.1 Å². The number of ether oxygens (including phenoxy) is 1. The number of rotatable bonds is 6. The Morgan fingerprint density at radius 1 is 1.24 bits per heavy atom. The van der Waals surface area contributed by atoms with E-state index in [2.05, 4.69) is 5.32 Å². The molecule has 1 saturated carbocycles. The van der Waals surface area contributed by atoms with Gasteiger partial charge in [-0.1, -0.05) is 36.6 Å². The fourth-order valence-electron chi connectivity index (χ4n) is 4.66. The van der Waals surface area contributed by atoms with Crippen LogP contribution in [0.15, 0.2) is 35.5 Å². The smallest absolute Gasteiger partial charge is 0.352 e. The average Bonchev–Trinajstić information content (AvgIpc) is 3.26. The molecule has 2 aliphatic heterocycles. The third-order valence-electron chi connectivity index (χ3n) is 6.27. The molecule has 1 aromatic rings. The van der Waals surface area contributed by atoms with Crippen LogP contribution in [0.4, 0.5) is 0 Å². The maximum atomic E-state index is 13.4. The van der Waals surface area contributed by atoms with Gasteiger partial charge in [0.15, 0.2) is 0 Å². The first-order valence-electron chi connectivity index (χ1n) is 10.3. The largest absolute Gasteiger partial charge is 0.477 e. The van der Waals surface area contributed by atoms with Crippen molar-refractivity contribution in [3.8, 4) is 0 Å². The number of benzene rings is 1. The molecule has 33 heavy (non-hydrogen) atoms. The van der Waals surface area contributed by atoms with Crippen molar-refractivity contribution in [1.82, 2.24) is 10.2 Å². The molecule has 1 radical (unpaired) electrons. The summed E-state index contributed by atoms with van der Waals surface area (Å²) < 4.78 is 4.94. The standard InChI is InChI=1S/C22H23ClN2O6S.Na/c1-12(26)31-10-13-11-32-19-16(18(27)25(19)17(13)20(28)29)24-21(30)22(8-2-3-9-22)14-4-6-15(23)7-5-14;/h4-7,16,19H,2-3,8-11H2,1H3,(H,24,30)(H,28,29);/t16-,19-;/m1./s1. The van der Waals surface area contributed by atoms with Crippen LogP contribution in [0, 0.1) is 0 Å². The number of nitrogens with one attached hydrogen (secondary N) is 1. The van der Waals surface area contributed by atoms with Crippen molar-refractivity contribution in [2.75, 3.05) is 12.4 Å². The monoisotopic (exact) mass is 501 g/mol. The number of halogens is 1. The van der Waals surface area contributed by atoms with Crippen molar-refractivity contribution in [2.24, 2.45) is 0 Å². The number of hydrogen-bond acceptors (Lipinski definition) is 6. The van der Waals surface area contributed by atoms with Crippen molar-refractivity contribution in [2.45, 2.75) is 49.4 Å². The third kappa shape index (κ3) is 4.84. The number of carbonyl (C=O) groups is 4. The van der Waals surface area contributed by atoms with Crippen LogP contribution >= 0.6 is 23.4 Å². The number of thioether (sulfide) groups is 1. The molecule has 1 saturated heterocycles. The van der Waals surface area contributed by atoms with Crippen molar-refractivity contribution >= 4 is 76.7 Å². The maximum Gasteiger partial charge on any atom is 0.352 e. The quantitative estimate of drug-likeness (QED) is 0.348. The van der Waals surface area contributed by atoms with Gasteiger partial charge in [-0.05, 0) is 30.5 Å². The van der Waals surface area contributed by atoms with E-state index in [0.717, 1.165) is 18.4 Å². The van der Waals surface area contributed by atoms with Crippen LogP contribution in [0.3, 0.4) is 0 Å². The molecule has 171 valence electrons. The van der Waals surface area contributed by atoms with Crippen LogP contribution in [-0.2, 0) is 29.3 Å². The summed E-state index contributed by atoms with van der Waals surface area (Å²) in [6, 6.07) is 6.41. The normalized spacial score (nSPS) is 23.2. The summed E-state index contributed by atoms with van der Waals surface area (Å²) in [5.74, 6) is -2.19. The topological polar surface area (TPSA) is 113 Å². The molecule has 0 unspecified atom stereocenters. The average molecular weight is 502 g/mol. The Morgan fingerprint density at radius 2 is 1.88 bits per heavy atom. The molecule has 8 nitrogen and oxygen atoms in total. The van der Waals surface area contributed by atoms with Gasteiger partial charge in [0.05, 0.1) is 5.41 Å². The Labute approximate surface area is 222 Å². The molecule has 0 spiro atoms. The van der Waals surface area contributed by atoms with Crippen molar-refractivity contribution < 1.29 is 29.0 Å². The van der Waals surface area contributed by atoms with Gasteiger partial charge in [0.1, 0.15) is 23.7 Å². The van der Waals surface area contributed by atoms with Gasteiger partial charge in [0.25, 0.3) is 5.91 Å². The molecule has 2 atom stereocenters. The van der Waals surface area contributed by atoms with Gasteiger partial charge in [-0.3, -0.25) is 19.3 Å². The number of fused-ring (bicyclic) bond motifs is 1. The predicted molar refractivity (Wildman–Crippen MR) is 124 cm³/mol. The fourth-order valence-corrected chi connectivity index (χ4v) is 6.11. The van der Waals surface area contributed by atoms with Crippen LogP contribution < -0.4 is 5.32 Å². The van der Waals surface area contributed by atoms with Gasteiger partial charge < -0.3 is 15.2 Å². The summed E-state index contributed by atoms with van der Waals surface area (Å²) in [4.78, 5) is 50.5. The Bertz CT molecular complexity index is 1010. The van der Waals surface area contributed by atoms with Gasteiger partial charge in [-0.2, -0.15) is 0 Å². The molecule has 1 aromatic carbocycles. The number of nitrogens with zero attached hydrogens (tertiary/aromatic N) is 1. The summed E-state index contributed by atoms with van der Waals surface area (Å²) >= 11 is 7.36. The molecule has 2 amide bonds. The second-order valence-electron chi connectivity index (χ2n) is 8.19. The minimum Gasteiger partial charge on any atom is -0.477 e. The Kier molecular flexibility index (Phi) is 8.22. The Balaban J connectivity index is 0.00000306. The van der Waals surface area contributed by atoms with E-state index in [-0.39, 0.29) is 53.5 Å². The Hall–Kier alpha value is -1.52. The van der Waals surface area contributed by atoms with E-state index in [4.69, 9.17) is 16.3 Å². The number of β-lactam (4-membered cyclic amide) rings is 1. The number of carbonyl (C=O) groups excluding carboxylic acids is 3. The van der Waals surface area contributed by atoms with E-state index in [1.54, 1.807) is 12.1 Å². The first kappa shape index (κ1) is 26.1. The second-order valence-corrected chi connectivity index (χ2v) is 9.74. The number of carboxylic acids is 1. The summed E-state index contributed by atoms with van der Waals surface area (Å²) in [7, 11) is 0. The van der Waals surface area contributed by atoms with Crippen LogP contribution in [0.1, 0.15) is 38.2 Å². The zero-order valence-corrected chi connectivity index (χ0v) is 22.0. The number of carboxylic acid groups (broad SMARTS) is 1. The molecule has 2 heterocycles. The first-order valence-corrected chi connectivity index (χ1v) is 11.8. The summed E-state index contributed by atoms with van der Waals surface area (Å²) in [5.41, 5.74) is 0.335. The van der Waals surface area contributed by atoms with Crippen LogP contribution in [0.25, 0.3) is 0 Å². The molecule has 2 N–H and O–H groups in total. The van der Waals surface area contributed by atoms with E-state index in [1.807, 2.05) is 12.1 Å². The predicted octanol–water partition coefficient (Wildman–Crippen LogP) is 2.07. The van der Waals surface area contributed by atoms with Crippen LogP contribution in [0.5, 0.6) is 0 Å². The van der Waals surface area contributed by atoms with E-state index in [9.17, 15) is 24.3 Å². The number of aliphatic carboxylic acids is 1. The first-order chi connectivity index (χ1) is 15.2. The zero-order chi connectivity index (χ0) is 23.0. The number of esters is 1. The number of hydrogen-bond donors (Lipinski definition) is 2. The maximum absolute atomic E-state index is 13.4. The summed E-state index contributed by atoms with van der Waals surface area (Å²) in [6.45, 7) is 1.05. The van der Waals surface area contributed by atoms with Crippen molar-refractivity contribution in [1.29, 1.82) is 0 Å². The van der Waals surface area contributed by atoms with Crippen molar-refractivity contribution in [3.63, 3.8) is 0 Å².